The molecule has 1 heterocycles. The molecule has 0 atom stereocenters. The van der Waals surface area contributed by atoms with Crippen LogP contribution in [0.1, 0.15) is 21.5 Å². The van der Waals surface area contributed by atoms with Gasteiger partial charge in [-0.3, -0.25) is 0 Å². The van der Waals surface area contributed by atoms with Crippen molar-refractivity contribution in [3.05, 3.63) is 36.8 Å². The van der Waals surface area contributed by atoms with Crippen LogP contribution in [0.3, 0.4) is 0 Å². The summed E-state index contributed by atoms with van der Waals surface area (Å²) in [4.78, 5) is 12.6. The normalized spacial score (nSPS) is 12.7. The van der Waals surface area contributed by atoms with Gasteiger partial charge < -0.3 is 19.3 Å². The molecule has 0 saturated carbocycles. The number of rotatable bonds is 1. The van der Waals surface area contributed by atoms with Crippen LogP contribution in [-0.2, 0) is 0 Å². The lowest BCUT2D eigenvalue weighted by Gasteiger charge is -2.17. The Kier molecular flexibility index (Phi) is 4.62. The van der Waals surface area contributed by atoms with Crippen LogP contribution in [0.15, 0.2) is 0 Å². The van der Waals surface area contributed by atoms with Gasteiger partial charge in [0.2, 0.25) is 0 Å². The second-order valence-corrected chi connectivity index (χ2v) is 6.75. The molecule has 0 aromatic heterocycles. The fraction of sp³-hybridized carbons (Fsp3) is 0.188. The lowest BCUT2D eigenvalue weighted by atomic mass is 10.1. The highest BCUT2D eigenvalue weighted by Crippen LogP contribution is 2.55. The molecule has 0 fully saturated rings. The molecule has 132 valence electrons. The van der Waals surface area contributed by atoms with E-state index < -0.39 is 11.7 Å². The Balaban J connectivity index is 2.38. The summed E-state index contributed by atoms with van der Waals surface area (Å²) in [7, 11) is 1.38. The van der Waals surface area contributed by atoms with Crippen molar-refractivity contribution < 1.29 is 24.1 Å². The second kappa shape index (κ2) is 6.32. The maximum atomic E-state index is 12.6. The summed E-state index contributed by atoms with van der Waals surface area (Å²) in [5.74, 6) is -1.12. The van der Waals surface area contributed by atoms with Gasteiger partial charge in [0.25, 0.3) is 0 Å². The summed E-state index contributed by atoms with van der Waals surface area (Å²) >= 11 is 24.6. The molecule has 1 N–H and O–H groups in total. The number of benzene rings is 2. The molecule has 25 heavy (non-hydrogen) atoms. The first-order chi connectivity index (χ1) is 11.7. The van der Waals surface area contributed by atoms with Crippen LogP contribution >= 0.6 is 46.4 Å². The number of fused-ring (bicyclic) bond motifs is 2. The number of carbonyl (C=O) groups excluding carboxylic acids is 1. The van der Waals surface area contributed by atoms with Gasteiger partial charge in [-0.2, -0.15) is 0 Å². The smallest absolute Gasteiger partial charge is 0.347 e. The molecule has 9 heteroatoms. The third-order valence-electron chi connectivity index (χ3n) is 3.83. The average Bonchev–Trinajstić information content (AvgIpc) is 2.73. The SMILES string of the molecule is COc1c(Cl)c(C)c2c(c1Cl)OC(=O)c1c(C)c(Cl)c(O)c(Cl)c1O2. The Morgan fingerprint density at radius 1 is 0.840 bits per heavy atom. The number of esters is 1. The molecule has 1 aliphatic heterocycles. The first-order valence-electron chi connectivity index (χ1n) is 6.86. The van der Waals surface area contributed by atoms with E-state index in [9.17, 15) is 9.90 Å². The summed E-state index contributed by atoms with van der Waals surface area (Å²) in [5.41, 5.74) is 0.652. The highest BCUT2D eigenvalue weighted by molar-refractivity contribution is 6.40. The van der Waals surface area contributed by atoms with Crippen molar-refractivity contribution in [3.8, 4) is 28.7 Å². The number of phenols is 1. The zero-order valence-corrected chi connectivity index (χ0v) is 16.1. The number of ether oxygens (including phenoxy) is 3. The molecule has 0 bridgehead atoms. The lowest BCUT2D eigenvalue weighted by molar-refractivity contribution is 0.0736. The lowest BCUT2D eigenvalue weighted by Crippen LogP contribution is -2.10. The second-order valence-electron chi connectivity index (χ2n) is 5.24. The molecule has 3 rings (SSSR count). The quantitative estimate of drug-likeness (QED) is 0.453. The van der Waals surface area contributed by atoms with E-state index in [1.54, 1.807) is 6.92 Å². The van der Waals surface area contributed by atoms with E-state index in [0.717, 1.165) is 0 Å². The van der Waals surface area contributed by atoms with E-state index in [4.69, 9.17) is 60.6 Å². The van der Waals surface area contributed by atoms with Crippen LogP contribution in [0.2, 0.25) is 20.1 Å². The van der Waals surface area contributed by atoms with E-state index in [0.29, 0.717) is 5.56 Å². The van der Waals surface area contributed by atoms with E-state index >= 15 is 0 Å². The predicted molar refractivity (Wildman–Crippen MR) is 95.6 cm³/mol. The molecule has 1 aliphatic rings. The van der Waals surface area contributed by atoms with Gasteiger partial charge in [0.15, 0.2) is 28.7 Å². The van der Waals surface area contributed by atoms with Gasteiger partial charge in [-0.15, -0.1) is 0 Å². The summed E-state index contributed by atoms with van der Waals surface area (Å²) in [6.07, 6.45) is 0. The minimum Gasteiger partial charge on any atom is -0.505 e. The molecule has 0 unspecified atom stereocenters. The average molecular weight is 424 g/mol. The minimum absolute atomic E-state index is 0.0189. The Morgan fingerprint density at radius 2 is 1.48 bits per heavy atom. The number of methoxy groups -OCH3 is 1. The largest absolute Gasteiger partial charge is 0.505 e. The van der Waals surface area contributed by atoms with Gasteiger partial charge in [0.05, 0.1) is 17.2 Å². The Bertz CT molecular complexity index is 940. The molecular formula is C16H10Cl4O5. The van der Waals surface area contributed by atoms with E-state index in [1.165, 1.54) is 14.0 Å². The van der Waals surface area contributed by atoms with Crippen molar-refractivity contribution in [2.45, 2.75) is 13.8 Å². The molecule has 2 aromatic rings. The summed E-state index contributed by atoms with van der Waals surface area (Å²) < 4.78 is 16.3. The topological polar surface area (TPSA) is 65.0 Å². The Morgan fingerprint density at radius 3 is 2.08 bits per heavy atom. The predicted octanol–water partition coefficient (Wildman–Crippen LogP) is 5.96. The molecule has 0 saturated heterocycles. The number of carbonyl (C=O) groups is 1. The number of phenolic OH excluding ortho intramolecular Hbond substituents is 1. The van der Waals surface area contributed by atoms with Crippen LogP contribution in [0.25, 0.3) is 0 Å². The molecule has 5 nitrogen and oxygen atoms in total. The minimum atomic E-state index is -0.791. The molecule has 2 aromatic carbocycles. The van der Waals surface area contributed by atoms with Crippen molar-refractivity contribution in [1.29, 1.82) is 0 Å². The van der Waals surface area contributed by atoms with Gasteiger partial charge in [0.1, 0.15) is 15.6 Å². The standard InChI is InChI=1S/C16H10Cl4O5/c1-4-6-13(9(19)11(21)7(4)17)24-12-5(2)8(18)14(23-3)10(20)15(12)25-16(6)22/h21H,1-3H3. The van der Waals surface area contributed by atoms with Crippen molar-refractivity contribution in [1.82, 2.24) is 0 Å². The van der Waals surface area contributed by atoms with Crippen LogP contribution < -0.4 is 14.2 Å². The zero-order valence-electron chi connectivity index (χ0n) is 13.1. The van der Waals surface area contributed by atoms with E-state index in [2.05, 4.69) is 0 Å². The summed E-state index contributed by atoms with van der Waals surface area (Å²) in [6, 6.07) is 0. The highest BCUT2D eigenvalue weighted by atomic mass is 35.5. The van der Waals surface area contributed by atoms with Crippen LogP contribution in [0, 0.1) is 13.8 Å². The molecular weight excluding hydrogens is 414 g/mol. The van der Waals surface area contributed by atoms with Gasteiger partial charge in [-0.25, -0.2) is 4.79 Å². The van der Waals surface area contributed by atoms with Gasteiger partial charge in [-0.05, 0) is 19.4 Å². The molecule has 0 aliphatic carbocycles. The van der Waals surface area contributed by atoms with Gasteiger partial charge >= 0.3 is 5.97 Å². The molecule has 0 spiro atoms. The first-order valence-corrected chi connectivity index (χ1v) is 8.37. The fourth-order valence-corrected chi connectivity index (χ4v) is 3.56. The summed E-state index contributed by atoms with van der Waals surface area (Å²) in [6.45, 7) is 3.16. The van der Waals surface area contributed by atoms with Crippen LogP contribution in [0.4, 0.5) is 0 Å². The Labute approximate surface area is 162 Å². The van der Waals surface area contributed by atoms with Crippen molar-refractivity contribution in [2.75, 3.05) is 7.11 Å². The number of halogens is 4. The van der Waals surface area contributed by atoms with Crippen molar-refractivity contribution in [2.24, 2.45) is 0 Å². The van der Waals surface area contributed by atoms with Gasteiger partial charge in [-0.1, -0.05) is 46.4 Å². The first kappa shape index (κ1) is 18.3. The Hall–Kier alpha value is -1.53. The number of hydrogen-bond donors (Lipinski definition) is 1. The number of hydrogen-bond acceptors (Lipinski definition) is 5. The molecule has 0 amide bonds. The van der Waals surface area contributed by atoms with Crippen LogP contribution in [0.5, 0.6) is 28.7 Å². The van der Waals surface area contributed by atoms with E-state index in [1.807, 2.05) is 0 Å². The fourth-order valence-electron chi connectivity index (χ4n) is 2.49. The monoisotopic (exact) mass is 422 g/mol. The van der Waals surface area contributed by atoms with Gasteiger partial charge in [0, 0.05) is 5.56 Å². The van der Waals surface area contributed by atoms with Crippen molar-refractivity contribution in [3.63, 3.8) is 0 Å². The maximum Gasteiger partial charge on any atom is 0.347 e. The third-order valence-corrected chi connectivity index (χ3v) is 5.44. The zero-order chi connectivity index (χ0) is 18.6. The maximum absolute atomic E-state index is 12.6. The van der Waals surface area contributed by atoms with E-state index in [-0.39, 0.29) is 54.2 Å². The van der Waals surface area contributed by atoms with Crippen LogP contribution in [-0.4, -0.2) is 18.2 Å². The number of aromatic hydroxyl groups is 1. The highest BCUT2D eigenvalue weighted by Gasteiger charge is 2.35. The van der Waals surface area contributed by atoms with Crippen molar-refractivity contribution >= 4 is 52.4 Å². The summed E-state index contributed by atoms with van der Waals surface area (Å²) in [5, 5.41) is 9.92. The molecule has 0 radical (unpaired) electrons. The third kappa shape index (κ3) is 2.57.